The van der Waals surface area contributed by atoms with Gasteiger partial charge in [-0.2, -0.15) is 0 Å². The highest BCUT2D eigenvalue weighted by Crippen LogP contribution is 2.33. The molecule has 0 radical (unpaired) electrons. The predicted octanol–water partition coefficient (Wildman–Crippen LogP) is 1.72. The van der Waals surface area contributed by atoms with Gasteiger partial charge in [0.2, 0.25) is 35.4 Å². The number of aromatic amines is 1. The van der Waals surface area contributed by atoms with Gasteiger partial charge < -0.3 is 51.9 Å². The third kappa shape index (κ3) is 11.6. The van der Waals surface area contributed by atoms with Crippen LogP contribution in [0.3, 0.4) is 0 Å². The van der Waals surface area contributed by atoms with Crippen molar-refractivity contribution in [3.8, 4) is 0 Å². The second-order valence-corrected chi connectivity index (χ2v) is 20.7. The number of amides is 6. The van der Waals surface area contributed by atoms with Crippen LogP contribution in [0.4, 0.5) is 0 Å². The van der Waals surface area contributed by atoms with Gasteiger partial charge in [-0.25, -0.2) is 4.79 Å². The molecule has 3 rings (SSSR count). The van der Waals surface area contributed by atoms with Crippen molar-refractivity contribution in [3.63, 3.8) is 0 Å². The second-order valence-electron chi connectivity index (χ2n) is 20.7. The number of fused-ring (bicyclic) bond motifs is 1. The highest BCUT2D eigenvalue weighted by molar-refractivity contribution is 6.01. The smallest absolute Gasteiger partial charge is 0.331 e. The lowest BCUT2D eigenvalue weighted by Gasteiger charge is -2.58. The minimum absolute atomic E-state index is 0.00587. The van der Waals surface area contributed by atoms with Gasteiger partial charge in [-0.15, -0.1) is 0 Å². The number of quaternary nitrogens is 1. The number of benzene rings is 1. The second kappa shape index (κ2) is 16.8. The average Bonchev–Trinajstić information content (AvgIpc) is 3.47. The number of esters is 1. The van der Waals surface area contributed by atoms with Crippen molar-refractivity contribution in [3.05, 3.63) is 41.2 Å². The molecule has 1 aliphatic rings. The van der Waals surface area contributed by atoms with E-state index in [0.29, 0.717) is 5.56 Å². The molecule has 17 nitrogen and oxygen atoms in total. The number of H-pyrrole nitrogens is 1. The van der Waals surface area contributed by atoms with E-state index < -0.39 is 91.8 Å². The Balaban J connectivity index is 1.89. The zero-order valence-corrected chi connectivity index (χ0v) is 38.3. The first kappa shape index (κ1) is 49.3. The quantitative estimate of drug-likeness (QED) is 0.102. The molecule has 0 unspecified atom stereocenters. The fourth-order valence-corrected chi connectivity index (χ4v) is 7.66. The van der Waals surface area contributed by atoms with Crippen molar-refractivity contribution in [2.75, 3.05) is 0 Å². The van der Waals surface area contributed by atoms with Crippen LogP contribution in [0, 0.1) is 5.21 Å². The molecule has 1 fully saturated rings. The van der Waals surface area contributed by atoms with Gasteiger partial charge in [-0.1, -0.05) is 18.2 Å². The summed E-state index contributed by atoms with van der Waals surface area (Å²) in [4.78, 5) is 98.5. The monoisotopic (exact) mass is 841 g/mol. The molecule has 0 saturated carbocycles. The van der Waals surface area contributed by atoms with Crippen LogP contribution in [0.2, 0.25) is 0 Å². The molecular formula is C43H68N8O9. The molecule has 1 atom stereocenters. The number of hydrogen-bond donors (Lipinski definition) is 8. The molecule has 1 aromatic heterocycles. The highest BCUT2D eigenvalue weighted by Gasteiger charge is 2.58. The highest BCUT2D eigenvalue weighted by atomic mass is 16.6. The van der Waals surface area contributed by atoms with Gasteiger partial charge in [0.05, 0.1) is 11.1 Å². The summed E-state index contributed by atoms with van der Waals surface area (Å²) >= 11 is 0. The number of aromatic nitrogens is 1. The maximum Gasteiger partial charge on any atom is 0.331 e. The molecule has 0 bridgehead atoms. The number of ether oxygens (including phenoxy) is 1. The van der Waals surface area contributed by atoms with Gasteiger partial charge >= 0.3 is 5.97 Å². The first-order valence-corrected chi connectivity index (χ1v) is 20.2. The van der Waals surface area contributed by atoms with Crippen molar-refractivity contribution in [1.29, 1.82) is 0 Å². The number of hydrogen-bond acceptors (Lipinski definition) is 9. The maximum absolute atomic E-state index is 14.3. The van der Waals surface area contributed by atoms with Crippen LogP contribution < -0.4 is 37.0 Å². The lowest BCUT2D eigenvalue weighted by molar-refractivity contribution is -0.956. The van der Waals surface area contributed by atoms with E-state index >= 15 is 0 Å². The molecule has 334 valence electrons. The summed E-state index contributed by atoms with van der Waals surface area (Å²) in [6.07, 6.45) is 1.67. The standard InChI is InChI=1S/C43H68N8O9/c1-25(52)46-43(23-37(5,6)51(59)38(7,8)24-43)34(57)50-39(9,10)31(54)45-29(21-26-22-44-28-20-18-17-19-27(26)28)30(53)47-40(11,12)32(55)48-41(13,14)33(56)49-42(15,16)35(58)60-36(2,3)4/h17-20,22,29,44,51H,21,23-24H2,1-16H3,(H,45,54)(H,46,52)(H,47,53)(H,48,55)(H,49,56)(H,50,57)/t29-/m0/s1. The minimum Gasteiger partial charge on any atom is -0.634 e. The van der Waals surface area contributed by atoms with Crippen molar-refractivity contribution < 1.29 is 43.4 Å². The molecule has 2 heterocycles. The van der Waals surface area contributed by atoms with Crippen LogP contribution in [0.15, 0.2) is 30.5 Å². The van der Waals surface area contributed by atoms with E-state index in [4.69, 9.17) is 4.74 Å². The third-order valence-corrected chi connectivity index (χ3v) is 10.6. The van der Waals surface area contributed by atoms with Crippen molar-refractivity contribution in [2.45, 2.75) is 180 Å². The molecule has 60 heavy (non-hydrogen) atoms. The number of hydroxylamine groups is 2. The summed E-state index contributed by atoms with van der Waals surface area (Å²) in [5, 5.41) is 30.4. The Hall–Kier alpha value is -5.03. The number of nitrogens with one attached hydrogen (secondary N) is 8. The summed E-state index contributed by atoms with van der Waals surface area (Å²) in [5.41, 5.74) is -9.13. The largest absolute Gasteiger partial charge is 0.634 e. The Morgan fingerprint density at radius 1 is 0.733 bits per heavy atom. The van der Waals surface area contributed by atoms with Gasteiger partial charge in [0.1, 0.15) is 39.3 Å². The lowest BCUT2D eigenvalue weighted by atomic mass is 9.69. The van der Waals surface area contributed by atoms with E-state index in [0.717, 1.165) is 10.9 Å². The molecule has 2 aromatic rings. The van der Waals surface area contributed by atoms with E-state index in [9.17, 15) is 38.8 Å². The van der Waals surface area contributed by atoms with Crippen molar-refractivity contribution in [1.82, 2.24) is 36.9 Å². The molecule has 6 amide bonds. The Morgan fingerprint density at radius 2 is 1.22 bits per heavy atom. The summed E-state index contributed by atoms with van der Waals surface area (Å²) in [6, 6.07) is 6.10. The molecule has 8 N–H and O–H groups in total. The summed E-state index contributed by atoms with van der Waals surface area (Å²) in [7, 11) is 0. The SMILES string of the molecule is CC(=O)NC1(C(=O)NC(C)(C)C(=O)N[C@@H](Cc2c[nH]c3ccccc23)C(=O)NC(C)(C)C(=O)NC(C)(C)C(=O)NC(C)(C)C(=O)OC(C)(C)C)CC(C)(C)[NH+]([O-])C(C)(C)C1. The van der Waals surface area contributed by atoms with E-state index in [1.807, 2.05) is 24.3 Å². The number of piperidine rings is 1. The van der Waals surface area contributed by atoms with Gasteiger partial charge in [0.25, 0.3) is 0 Å². The molecule has 0 spiro atoms. The van der Waals surface area contributed by atoms with Crippen molar-refractivity contribution in [2.24, 2.45) is 0 Å². The molecule has 1 aromatic carbocycles. The lowest BCUT2D eigenvalue weighted by Crippen LogP contribution is -3.24. The Labute approximate surface area is 353 Å². The van der Waals surface area contributed by atoms with E-state index in [1.165, 1.54) is 62.3 Å². The van der Waals surface area contributed by atoms with Crippen molar-refractivity contribution >= 4 is 52.3 Å². The van der Waals surface area contributed by atoms with Gasteiger partial charge in [0.15, 0.2) is 0 Å². The first-order valence-electron chi connectivity index (χ1n) is 20.2. The molecule has 17 heteroatoms. The average molecular weight is 841 g/mol. The van der Waals surface area contributed by atoms with Crippen LogP contribution in [0.25, 0.3) is 10.9 Å². The Bertz CT molecular complexity index is 1990. The summed E-state index contributed by atoms with van der Waals surface area (Å²) < 4.78 is 5.44. The van der Waals surface area contributed by atoms with E-state index in [1.54, 1.807) is 54.7 Å². The number of rotatable bonds is 14. The van der Waals surface area contributed by atoms with Gasteiger partial charge in [-0.3, -0.25) is 28.8 Å². The number of para-hydroxylation sites is 1. The first-order chi connectivity index (χ1) is 27.0. The summed E-state index contributed by atoms with van der Waals surface area (Å²) in [6.45, 7) is 24.9. The van der Waals surface area contributed by atoms with Gasteiger partial charge in [-0.05, 0) is 115 Å². The fourth-order valence-electron chi connectivity index (χ4n) is 7.66. The van der Waals surface area contributed by atoms with Crippen LogP contribution >= 0.6 is 0 Å². The van der Waals surface area contributed by atoms with Crippen LogP contribution in [0.5, 0.6) is 0 Å². The topological polar surface area (TPSA) is 244 Å². The van der Waals surface area contributed by atoms with E-state index in [2.05, 4.69) is 36.9 Å². The summed E-state index contributed by atoms with van der Waals surface area (Å²) in [5.74, 6) is -4.73. The zero-order valence-electron chi connectivity index (χ0n) is 38.3. The zero-order chi connectivity index (χ0) is 46.2. The number of carbonyl (C=O) groups is 7. The molecule has 1 saturated heterocycles. The molecule has 0 aliphatic carbocycles. The Morgan fingerprint density at radius 3 is 1.73 bits per heavy atom. The predicted molar refractivity (Wildman–Crippen MR) is 227 cm³/mol. The molecular weight excluding hydrogens is 773 g/mol. The maximum atomic E-state index is 14.3. The fraction of sp³-hybridized carbons (Fsp3) is 0.651. The molecule has 1 aliphatic heterocycles. The number of carbonyl (C=O) groups excluding carboxylic acids is 7. The third-order valence-electron chi connectivity index (χ3n) is 10.6. The van der Waals surface area contributed by atoms with Gasteiger partial charge in [0, 0.05) is 43.3 Å². The minimum atomic E-state index is -1.66. The van der Waals surface area contributed by atoms with Crippen LogP contribution in [-0.4, -0.2) is 96.8 Å². The van der Waals surface area contributed by atoms with Crippen LogP contribution in [0.1, 0.15) is 129 Å². The van der Waals surface area contributed by atoms with E-state index in [-0.39, 0.29) is 24.3 Å². The normalized spacial score (nSPS) is 19.9. The van der Waals surface area contributed by atoms with Crippen LogP contribution in [-0.2, 0) is 44.7 Å². The Kier molecular flexibility index (Phi) is 13.8.